The van der Waals surface area contributed by atoms with Crippen LogP contribution in [-0.4, -0.2) is 17.7 Å². The highest BCUT2D eigenvalue weighted by Crippen LogP contribution is 2.28. The molecule has 0 saturated heterocycles. The summed E-state index contributed by atoms with van der Waals surface area (Å²) in [6, 6.07) is 4.70. The van der Waals surface area contributed by atoms with Gasteiger partial charge in [0.05, 0.1) is 12.5 Å². The smallest absolute Gasteiger partial charge is 0.306 e. The molecule has 0 aromatic heterocycles. The molecule has 104 valence electrons. The molecular weight excluding hydrogens is 247 g/mol. The molecule has 3 nitrogen and oxygen atoms in total. The van der Waals surface area contributed by atoms with Crippen LogP contribution < -0.4 is 4.74 Å². The summed E-state index contributed by atoms with van der Waals surface area (Å²) in [7, 11) is 0. The lowest BCUT2D eigenvalue weighted by atomic mass is 9.86. The zero-order valence-electron chi connectivity index (χ0n) is 11.1. The van der Waals surface area contributed by atoms with Gasteiger partial charge in [-0.05, 0) is 42.9 Å². The molecule has 0 amide bonds. The van der Waals surface area contributed by atoms with E-state index < -0.39 is 17.7 Å². The number of ether oxygens (including phenoxy) is 1. The molecule has 0 radical (unpaired) electrons. The van der Waals surface area contributed by atoms with Crippen LogP contribution in [0.3, 0.4) is 0 Å². The Labute approximate surface area is 112 Å². The Morgan fingerprint density at radius 3 is 2.79 bits per heavy atom. The van der Waals surface area contributed by atoms with Crippen molar-refractivity contribution in [2.24, 2.45) is 11.8 Å². The maximum absolute atomic E-state index is 13.8. The van der Waals surface area contributed by atoms with Crippen molar-refractivity contribution >= 4 is 5.97 Å². The van der Waals surface area contributed by atoms with Crippen LogP contribution in [-0.2, 0) is 11.2 Å². The quantitative estimate of drug-likeness (QED) is 0.859. The first-order valence-corrected chi connectivity index (χ1v) is 6.70. The van der Waals surface area contributed by atoms with Crippen LogP contribution in [0.4, 0.5) is 4.39 Å². The van der Waals surface area contributed by atoms with E-state index in [1.165, 1.54) is 12.5 Å². The fraction of sp³-hybridized carbons (Fsp3) is 0.533. The molecule has 1 N–H and O–H groups in total. The van der Waals surface area contributed by atoms with Crippen molar-refractivity contribution in [3.8, 4) is 5.75 Å². The number of hydrogen-bond donors (Lipinski definition) is 1. The monoisotopic (exact) mass is 266 g/mol. The van der Waals surface area contributed by atoms with Crippen LogP contribution in [0.15, 0.2) is 18.2 Å². The van der Waals surface area contributed by atoms with Crippen LogP contribution in [0.25, 0.3) is 0 Å². The fourth-order valence-corrected chi connectivity index (χ4v) is 2.10. The second-order valence-electron chi connectivity index (χ2n) is 5.32. The number of carboxylic acids is 1. The van der Waals surface area contributed by atoms with E-state index in [1.807, 2.05) is 0 Å². The summed E-state index contributed by atoms with van der Waals surface area (Å²) >= 11 is 0. The van der Waals surface area contributed by atoms with Gasteiger partial charge in [0.25, 0.3) is 0 Å². The number of halogens is 1. The van der Waals surface area contributed by atoms with E-state index >= 15 is 0 Å². The van der Waals surface area contributed by atoms with Crippen LogP contribution in [0.1, 0.15) is 31.7 Å². The second kappa shape index (κ2) is 6.04. The van der Waals surface area contributed by atoms with Gasteiger partial charge >= 0.3 is 5.97 Å². The highest BCUT2D eigenvalue weighted by atomic mass is 19.1. The molecule has 1 fully saturated rings. The van der Waals surface area contributed by atoms with Gasteiger partial charge in [0.1, 0.15) is 0 Å². The zero-order chi connectivity index (χ0) is 13.8. The van der Waals surface area contributed by atoms with Gasteiger partial charge in [-0.3, -0.25) is 4.79 Å². The third kappa shape index (κ3) is 3.69. The summed E-state index contributed by atoms with van der Waals surface area (Å²) in [5.41, 5.74) is 0.684. The van der Waals surface area contributed by atoms with Gasteiger partial charge in [0, 0.05) is 0 Å². The number of rotatable bonds is 6. The molecule has 0 bridgehead atoms. The van der Waals surface area contributed by atoms with E-state index in [0.717, 1.165) is 12.8 Å². The molecule has 1 aliphatic carbocycles. The van der Waals surface area contributed by atoms with Crippen molar-refractivity contribution < 1.29 is 19.0 Å². The lowest BCUT2D eigenvalue weighted by Crippen LogP contribution is -2.19. The van der Waals surface area contributed by atoms with E-state index in [-0.39, 0.29) is 5.75 Å². The average molecular weight is 266 g/mol. The first kappa shape index (κ1) is 13.8. The van der Waals surface area contributed by atoms with E-state index in [2.05, 4.69) is 0 Å². The summed E-state index contributed by atoms with van der Waals surface area (Å²) < 4.78 is 19.3. The van der Waals surface area contributed by atoms with Crippen LogP contribution in [0.5, 0.6) is 5.75 Å². The van der Waals surface area contributed by atoms with Crippen molar-refractivity contribution in [1.82, 2.24) is 0 Å². The maximum atomic E-state index is 13.8. The number of carbonyl (C=O) groups is 1. The number of aliphatic carboxylic acids is 1. The van der Waals surface area contributed by atoms with Crippen LogP contribution in [0, 0.1) is 17.7 Å². The highest BCUT2D eigenvalue weighted by molar-refractivity contribution is 5.69. The molecule has 1 aliphatic rings. The third-order valence-corrected chi connectivity index (χ3v) is 3.66. The minimum absolute atomic E-state index is 0.263. The van der Waals surface area contributed by atoms with Crippen molar-refractivity contribution in [3.63, 3.8) is 0 Å². The van der Waals surface area contributed by atoms with Gasteiger partial charge in [-0.1, -0.05) is 19.4 Å². The van der Waals surface area contributed by atoms with Crippen molar-refractivity contribution in [1.29, 1.82) is 0 Å². The van der Waals surface area contributed by atoms with Crippen LogP contribution >= 0.6 is 0 Å². The topological polar surface area (TPSA) is 46.5 Å². The minimum atomic E-state index is -0.870. The molecule has 0 spiro atoms. The average Bonchev–Trinajstić information content (AvgIpc) is 2.29. The Hall–Kier alpha value is -1.58. The van der Waals surface area contributed by atoms with E-state index in [9.17, 15) is 9.18 Å². The Morgan fingerprint density at radius 2 is 2.26 bits per heavy atom. The number of benzene rings is 1. The molecule has 0 heterocycles. The normalized spacial score (nSPS) is 16.7. The van der Waals surface area contributed by atoms with Gasteiger partial charge in [0.2, 0.25) is 0 Å². The molecule has 1 saturated carbocycles. The van der Waals surface area contributed by atoms with Gasteiger partial charge < -0.3 is 9.84 Å². The second-order valence-corrected chi connectivity index (χ2v) is 5.32. The SMILES string of the molecule is CC(Cc1ccc(OCC2CCC2)c(F)c1)C(=O)O. The van der Waals surface area contributed by atoms with Gasteiger partial charge in [-0.15, -0.1) is 0 Å². The van der Waals surface area contributed by atoms with Crippen molar-refractivity contribution in [2.75, 3.05) is 6.61 Å². The summed E-state index contributed by atoms with van der Waals surface area (Å²) in [6.07, 6.45) is 3.89. The zero-order valence-corrected chi connectivity index (χ0v) is 11.1. The van der Waals surface area contributed by atoms with E-state index in [0.29, 0.717) is 24.5 Å². The third-order valence-electron chi connectivity index (χ3n) is 3.66. The number of carboxylic acid groups (broad SMARTS) is 1. The standard InChI is InChI=1S/C15H19FO3/c1-10(15(17)18)7-12-5-6-14(13(16)8-12)19-9-11-3-2-4-11/h5-6,8,10-11H,2-4,7,9H2,1H3,(H,17,18). The molecule has 0 aliphatic heterocycles. The summed E-state index contributed by atoms with van der Waals surface area (Å²) in [5.74, 6) is -0.967. The van der Waals surface area contributed by atoms with Crippen molar-refractivity contribution in [2.45, 2.75) is 32.6 Å². The molecule has 1 aromatic rings. The molecule has 19 heavy (non-hydrogen) atoms. The highest BCUT2D eigenvalue weighted by Gasteiger charge is 2.19. The fourth-order valence-electron chi connectivity index (χ4n) is 2.10. The maximum Gasteiger partial charge on any atom is 0.306 e. The largest absolute Gasteiger partial charge is 0.490 e. The summed E-state index contributed by atoms with van der Waals surface area (Å²) in [4.78, 5) is 10.8. The lowest BCUT2D eigenvalue weighted by Gasteiger charge is -2.25. The number of hydrogen-bond acceptors (Lipinski definition) is 2. The first-order chi connectivity index (χ1) is 9.06. The Kier molecular flexibility index (Phi) is 4.40. The Bertz CT molecular complexity index is 455. The van der Waals surface area contributed by atoms with Gasteiger partial charge in [-0.25, -0.2) is 4.39 Å². The van der Waals surface area contributed by atoms with Gasteiger partial charge in [0.15, 0.2) is 11.6 Å². The Balaban J connectivity index is 1.93. The Morgan fingerprint density at radius 1 is 1.53 bits per heavy atom. The van der Waals surface area contributed by atoms with Crippen LogP contribution in [0.2, 0.25) is 0 Å². The lowest BCUT2D eigenvalue weighted by molar-refractivity contribution is -0.141. The minimum Gasteiger partial charge on any atom is -0.490 e. The predicted molar refractivity (Wildman–Crippen MR) is 69.7 cm³/mol. The molecule has 1 aromatic carbocycles. The molecular formula is C15H19FO3. The first-order valence-electron chi connectivity index (χ1n) is 6.70. The molecule has 4 heteroatoms. The molecule has 2 rings (SSSR count). The summed E-state index contributed by atoms with van der Waals surface area (Å²) in [6.45, 7) is 2.18. The molecule has 1 atom stereocenters. The van der Waals surface area contributed by atoms with Crippen molar-refractivity contribution in [3.05, 3.63) is 29.6 Å². The molecule has 1 unspecified atom stereocenters. The van der Waals surface area contributed by atoms with Gasteiger partial charge in [-0.2, -0.15) is 0 Å². The summed E-state index contributed by atoms with van der Waals surface area (Å²) in [5, 5.41) is 8.83. The predicted octanol–water partition coefficient (Wildman–Crippen LogP) is 3.27. The van der Waals surface area contributed by atoms with E-state index in [1.54, 1.807) is 19.1 Å². The van der Waals surface area contributed by atoms with E-state index in [4.69, 9.17) is 9.84 Å².